The number of aryl methyl sites for hydroxylation is 1. The summed E-state index contributed by atoms with van der Waals surface area (Å²) in [5.41, 5.74) is 1.60. The number of carbonyl (C=O) groups excluding carboxylic acids is 2. The molecule has 5 heteroatoms. The molecular weight excluding hydrogens is 322 g/mol. The first kappa shape index (κ1) is 15.0. The van der Waals surface area contributed by atoms with Gasteiger partial charge in [0.1, 0.15) is 6.04 Å². The van der Waals surface area contributed by atoms with E-state index in [0.717, 1.165) is 22.9 Å². The van der Waals surface area contributed by atoms with E-state index >= 15 is 0 Å². The van der Waals surface area contributed by atoms with Gasteiger partial charge in [0.2, 0.25) is 0 Å². The highest BCUT2D eigenvalue weighted by molar-refractivity contribution is 9.10. The van der Waals surface area contributed by atoms with Crippen LogP contribution in [0.15, 0.2) is 22.7 Å². The van der Waals surface area contributed by atoms with Crippen molar-refractivity contribution in [2.45, 2.75) is 32.2 Å². The Balaban J connectivity index is 2.30. The summed E-state index contributed by atoms with van der Waals surface area (Å²) in [6, 6.07) is 5.11. The molecule has 0 aliphatic carbocycles. The first-order valence-electron chi connectivity index (χ1n) is 6.70. The summed E-state index contributed by atoms with van der Waals surface area (Å²) in [5.74, 6) is -0.447. The molecule has 1 atom stereocenters. The number of ether oxygens (including phenoxy) is 1. The van der Waals surface area contributed by atoms with Crippen molar-refractivity contribution in [3.8, 4) is 0 Å². The molecule has 0 unspecified atom stereocenters. The van der Waals surface area contributed by atoms with Crippen LogP contribution >= 0.6 is 15.9 Å². The minimum Gasteiger partial charge on any atom is -0.467 e. The molecule has 1 amide bonds. The van der Waals surface area contributed by atoms with Crippen molar-refractivity contribution in [2.75, 3.05) is 13.7 Å². The van der Waals surface area contributed by atoms with E-state index in [-0.39, 0.29) is 11.9 Å². The first-order chi connectivity index (χ1) is 9.56. The Morgan fingerprint density at radius 3 is 2.80 bits per heavy atom. The Bertz CT molecular complexity index is 530. The maximum atomic E-state index is 12.7. The highest BCUT2D eigenvalue weighted by Gasteiger charge is 2.33. The molecule has 108 valence electrons. The summed E-state index contributed by atoms with van der Waals surface area (Å²) < 4.78 is 5.61. The highest BCUT2D eigenvalue weighted by atomic mass is 79.9. The Labute approximate surface area is 127 Å². The molecule has 1 aliphatic rings. The van der Waals surface area contributed by atoms with Crippen molar-refractivity contribution in [1.82, 2.24) is 4.90 Å². The standard InChI is InChI=1S/C15H18BrNO3/c1-10-6-5-7-11(13(10)16)14(18)17-9-4-3-8-12(17)15(19)20-2/h5-7,12H,3-4,8-9H2,1-2H3/t12-/m1/s1. The summed E-state index contributed by atoms with van der Waals surface area (Å²) in [7, 11) is 1.36. The summed E-state index contributed by atoms with van der Waals surface area (Å²) in [5, 5.41) is 0. The van der Waals surface area contributed by atoms with Crippen LogP contribution in [0.3, 0.4) is 0 Å². The normalized spacial score (nSPS) is 18.8. The maximum absolute atomic E-state index is 12.7. The molecule has 0 saturated carbocycles. The number of halogens is 1. The quantitative estimate of drug-likeness (QED) is 0.778. The SMILES string of the molecule is COC(=O)[C@H]1CCCCN1C(=O)c1cccc(C)c1Br. The van der Waals surface area contributed by atoms with E-state index in [1.54, 1.807) is 11.0 Å². The van der Waals surface area contributed by atoms with E-state index in [1.165, 1.54) is 7.11 Å². The summed E-state index contributed by atoms with van der Waals surface area (Å²) >= 11 is 3.46. The lowest BCUT2D eigenvalue weighted by atomic mass is 10.0. The Kier molecular flexibility index (Phi) is 4.81. The second-order valence-corrected chi connectivity index (χ2v) is 5.76. The average Bonchev–Trinajstić information content (AvgIpc) is 2.48. The van der Waals surface area contributed by atoms with Crippen molar-refractivity contribution in [3.63, 3.8) is 0 Å². The second kappa shape index (κ2) is 6.39. The average molecular weight is 340 g/mol. The van der Waals surface area contributed by atoms with Crippen LogP contribution in [-0.2, 0) is 9.53 Å². The number of rotatable bonds is 2. The predicted molar refractivity (Wildman–Crippen MR) is 79.6 cm³/mol. The lowest BCUT2D eigenvalue weighted by Gasteiger charge is -2.34. The van der Waals surface area contributed by atoms with Gasteiger partial charge < -0.3 is 9.64 Å². The molecule has 1 aliphatic heterocycles. The third-order valence-electron chi connectivity index (χ3n) is 3.66. The van der Waals surface area contributed by atoms with Gasteiger partial charge in [0, 0.05) is 11.0 Å². The molecule has 0 radical (unpaired) electrons. The van der Waals surface area contributed by atoms with E-state index in [2.05, 4.69) is 15.9 Å². The fourth-order valence-corrected chi connectivity index (χ4v) is 2.96. The number of hydrogen-bond donors (Lipinski definition) is 0. The molecule has 0 N–H and O–H groups in total. The molecule has 1 aromatic carbocycles. The van der Waals surface area contributed by atoms with Crippen LogP contribution in [0.4, 0.5) is 0 Å². The summed E-state index contributed by atoms with van der Waals surface area (Å²) in [4.78, 5) is 26.2. The van der Waals surface area contributed by atoms with Gasteiger partial charge in [-0.05, 0) is 53.7 Å². The molecule has 0 aromatic heterocycles. The van der Waals surface area contributed by atoms with Gasteiger partial charge >= 0.3 is 5.97 Å². The minimum atomic E-state index is -0.464. The molecule has 2 rings (SSSR count). The van der Waals surface area contributed by atoms with Gasteiger partial charge in [0.25, 0.3) is 5.91 Å². The molecule has 0 bridgehead atoms. The lowest BCUT2D eigenvalue weighted by Crippen LogP contribution is -2.48. The fraction of sp³-hybridized carbons (Fsp3) is 0.467. The van der Waals surface area contributed by atoms with Crippen LogP contribution in [0.2, 0.25) is 0 Å². The van der Waals surface area contributed by atoms with Crippen molar-refractivity contribution >= 4 is 27.8 Å². The number of piperidine rings is 1. The Hall–Kier alpha value is -1.36. The van der Waals surface area contributed by atoms with Gasteiger partial charge in [-0.25, -0.2) is 4.79 Å². The predicted octanol–water partition coefficient (Wildman–Crippen LogP) is 2.93. The van der Waals surface area contributed by atoms with Crippen molar-refractivity contribution in [2.24, 2.45) is 0 Å². The third-order valence-corrected chi connectivity index (χ3v) is 4.71. The second-order valence-electron chi connectivity index (χ2n) is 4.97. The van der Waals surface area contributed by atoms with Gasteiger partial charge in [-0.3, -0.25) is 4.79 Å². The molecule has 1 heterocycles. The number of hydrogen-bond acceptors (Lipinski definition) is 3. The minimum absolute atomic E-state index is 0.115. The van der Waals surface area contributed by atoms with Gasteiger partial charge in [-0.15, -0.1) is 0 Å². The zero-order valence-corrected chi connectivity index (χ0v) is 13.3. The molecule has 1 aromatic rings. The Morgan fingerprint density at radius 1 is 1.35 bits per heavy atom. The van der Waals surface area contributed by atoms with Gasteiger partial charge in [0.15, 0.2) is 0 Å². The van der Waals surface area contributed by atoms with E-state index in [4.69, 9.17) is 4.74 Å². The van der Waals surface area contributed by atoms with Crippen LogP contribution in [0.5, 0.6) is 0 Å². The molecule has 1 saturated heterocycles. The van der Waals surface area contributed by atoms with E-state index in [1.807, 2.05) is 19.1 Å². The summed E-state index contributed by atoms with van der Waals surface area (Å²) in [6.07, 6.45) is 2.53. The van der Waals surface area contributed by atoms with Crippen molar-refractivity contribution < 1.29 is 14.3 Å². The van der Waals surface area contributed by atoms with Crippen LogP contribution in [0.25, 0.3) is 0 Å². The van der Waals surface area contributed by atoms with Crippen LogP contribution in [0.1, 0.15) is 35.2 Å². The highest BCUT2D eigenvalue weighted by Crippen LogP contribution is 2.26. The smallest absolute Gasteiger partial charge is 0.328 e. The number of likely N-dealkylation sites (tertiary alicyclic amines) is 1. The number of amides is 1. The molecule has 1 fully saturated rings. The largest absolute Gasteiger partial charge is 0.467 e. The molecule has 4 nitrogen and oxygen atoms in total. The monoisotopic (exact) mass is 339 g/mol. The number of carbonyl (C=O) groups is 2. The zero-order valence-electron chi connectivity index (χ0n) is 11.7. The molecular formula is C15H18BrNO3. The van der Waals surface area contributed by atoms with Gasteiger partial charge in [0.05, 0.1) is 12.7 Å². The maximum Gasteiger partial charge on any atom is 0.328 e. The third kappa shape index (κ3) is 2.87. The zero-order chi connectivity index (χ0) is 14.7. The number of methoxy groups -OCH3 is 1. The Morgan fingerprint density at radius 2 is 2.10 bits per heavy atom. The lowest BCUT2D eigenvalue weighted by molar-refractivity contribution is -0.147. The fourth-order valence-electron chi connectivity index (χ4n) is 2.52. The van der Waals surface area contributed by atoms with E-state index in [0.29, 0.717) is 18.5 Å². The van der Waals surface area contributed by atoms with E-state index in [9.17, 15) is 9.59 Å². The van der Waals surface area contributed by atoms with Crippen LogP contribution in [0, 0.1) is 6.92 Å². The number of benzene rings is 1. The number of esters is 1. The van der Waals surface area contributed by atoms with Crippen LogP contribution in [-0.4, -0.2) is 36.5 Å². The molecule has 20 heavy (non-hydrogen) atoms. The van der Waals surface area contributed by atoms with Gasteiger partial charge in [-0.2, -0.15) is 0 Å². The summed E-state index contributed by atoms with van der Waals surface area (Å²) in [6.45, 7) is 2.54. The van der Waals surface area contributed by atoms with Crippen molar-refractivity contribution in [1.29, 1.82) is 0 Å². The van der Waals surface area contributed by atoms with Crippen molar-refractivity contribution in [3.05, 3.63) is 33.8 Å². The number of nitrogens with zero attached hydrogens (tertiary/aromatic N) is 1. The first-order valence-corrected chi connectivity index (χ1v) is 7.49. The van der Waals surface area contributed by atoms with Gasteiger partial charge in [-0.1, -0.05) is 12.1 Å². The topological polar surface area (TPSA) is 46.6 Å². The van der Waals surface area contributed by atoms with E-state index < -0.39 is 6.04 Å². The molecule has 0 spiro atoms. The van der Waals surface area contributed by atoms with Crippen LogP contribution < -0.4 is 0 Å².